The molecular formula is C15H15N5O5. The van der Waals surface area contributed by atoms with E-state index < -0.39 is 12.0 Å². The molecule has 10 nitrogen and oxygen atoms in total. The van der Waals surface area contributed by atoms with E-state index in [1.165, 1.54) is 23.2 Å². The summed E-state index contributed by atoms with van der Waals surface area (Å²) in [5.41, 5.74) is 0.783. The highest BCUT2D eigenvalue weighted by Crippen LogP contribution is 2.15. The molecule has 2 aromatic heterocycles. The van der Waals surface area contributed by atoms with Crippen molar-refractivity contribution in [1.29, 1.82) is 0 Å². The number of hydrogen-bond acceptors (Lipinski definition) is 7. The summed E-state index contributed by atoms with van der Waals surface area (Å²) in [5, 5.41) is 12.4. The predicted octanol–water partition coefficient (Wildman–Crippen LogP) is 0.0283. The molecule has 0 aromatic carbocycles. The summed E-state index contributed by atoms with van der Waals surface area (Å²) in [6.45, 7) is 1.90. The Labute approximate surface area is 141 Å². The van der Waals surface area contributed by atoms with E-state index in [0.717, 1.165) is 0 Å². The first kappa shape index (κ1) is 16.4. The first-order valence-corrected chi connectivity index (χ1v) is 7.49. The Bertz CT molecular complexity index is 884. The zero-order valence-electron chi connectivity index (χ0n) is 13.3. The molecule has 130 valence electrons. The molecule has 0 fully saturated rings. The summed E-state index contributed by atoms with van der Waals surface area (Å²) < 4.78 is 11.4. The zero-order valence-corrected chi connectivity index (χ0v) is 13.3. The van der Waals surface area contributed by atoms with Crippen molar-refractivity contribution in [2.24, 2.45) is 0 Å². The minimum absolute atomic E-state index is 0.0115. The van der Waals surface area contributed by atoms with Crippen LogP contribution >= 0.6 is 0 Å². The predicted molar refractivity (Wildman–Crippen MR) is 84.2 cm³/mol. The van der Waals surface area contributed by atoms with Crippen molar-refractivity contribution in [1.82, 2.24) is 25.4 Å². The second-order valence-corrected chi connectivity index (χ2v) is 5.11. The molecule has 25 heavy (non-hydrogen) atoms. The Hall–Kier alpha value is -3.43. The van der Waals surface area contributed by atoms with Crippen molar-refractivity contribution in [3.63, 3.8) is 0 Å². The maximum atomic E-state index is 12.1. The van der Waals surface area contributed by atoms with Gasteiger partial charge in [-0.25, -0.2) is 9.59 Å². The smallest absolute Gasteiger partial charge is 0.337 e. The number of nitrogens with one attached hydrogen (secondary N) is 2. The van der Waals surface area contributed by atoms with Gasteiger partial charge in [0.05, 0.1) is 36.5 Å². The maximum absolute atomic E-state index is 12.1. The molecule has 0 saturated heterocycles. The van der Waals surface area contributed by atoms with Crippen LogP contribution in [0.25, 0.3) is 11.5 Å². The van der Waals surface area contributed by atoms with Crippen molar-refractivity contribution >= 4 is 12.0 Å². The number of amides is 2. The molecule has 2 amide bonds. The van der Waals surface area contributed by atoms with Gasteiger partial charge in [0.2, 0.25) is 12.3 Å². The molecule has 0 aliphatic carbocycles. The second kappa shape index (κ2) is 6.99. The molecule has 1 aliphatic heterocycles. The van der Waals surface area contributed by atoms with E-state index in [0.29, 0.717) is 11.3 Å². The van der Waals surface area contributed by atoms with Gasteiger partial charge in [-0.15, -0.1) is 10.2 Å². The first-order valence-electron chi connectivity index (χ1n) is 7.49. The van der Waals surface area contributed by atoms with E-state index in [1.807, 2.05) is 0 Å². The van der Waals surface area contributed by atoms with Gasteiger partial charge in [-0.1, -0.05) is 0 Å². The van der Waals surface area contributed by atoms with Gasteiger partial charge < -0.3 is 24.4 Å². The molecule has 1 aliphatic rings. The van der Waals surface area contributed by atoms with Crippen molar-refractivity contribution < 1.29 is 18.7 Å². The van der Waals surface area contributed by atoms with Crippen LogP contribution in [-0.4, -0.2) is 39.9 Å². The van der Waals surface area contributed by atoms with Crippen LogP contribution < -0.4 is 16.2 Å². The maximum Gasteiger partial charge on any atom is 0.337 e. The minimum Gasteiger partial charge on any atom is -0.463 e. The normalized spacial score (nSPS) is 14.0. The Morgan fingerprint density at radius 3 is 2.96 bits per heavy atom. The molecule has 10 heteroatoms. The third-order valence-corrected chi connectivity index (χ3v) is 3.50. The molecule has 2 N–H and O–H groups in total. The topological polar surface area (TPSA) is 128 Å². The number of pyridine rings is 1. The summed E-state index contributed by atoms with van der Waals surface area (Å²) in [6.07, 6.45) is 2.69. The van der Waals surface area contributed by atoms with E-state index in [9.17, 15) is 14.4 Å². The average Bonchev–Trinajstić information content (AvgIpc) is 3.12. The van der Waals surface area contributed by atoms with Crippen molar-refractivity contribution in [2.75, 3.05) is 13.2 Å². The third kappa shape index (κ3) is 3.57. The number of carbonyl (C=O) groups excluding carboxylic acids is 2. The highest BCUT2D eigenvalue weighted by Gasteiger charge is 2.24. The van der Waals surface area contributed by atoms with E-state index in [-0.39, 0.29) is 36.7 Å². The number of aromatic nitrogens is 3. The Morgan fingerprint density at radius 1 is 1.40 bits per heavy atom. The van der Waals surface area contributed by atoms with E-state index in [2.05, 4.69) is 20.8 Å². The van der Waals surface area contributed by atoms with Gasteiger partial charge in [0.1, 0.15) is 0 Å². The van der Waals surface area contributed by atoms with E-state index in [4.69, 9.17) is 9.15 Å². The summed E-state index contributed by atoms with van der Waals surface area (Å²) in [5.74, 6) is -0.297. The lowest BCUT2D eigenvalue weighted by atomic mass is 10.1. The summed E-state index contributed by atoms with van der Waals surface area (Å²) in [4.78, 5) is 35.8. The van der Waals surface area contributed by atoms with E-state index >= 15 is 0 Å². The number of urea groups is 1. The van der Waals surface area contributed by atoms with Crippen molar-refractivity contribution in [2.45, 2.75) is 13.5 Å². The minimum atomic E-state index is -0.550. The molecule has 0 atom stereocenters. The molecule has 3 rings (SSSR count). The number of allylic oxidation sites excluding steroid dienone is 1. The lowest BCUT2D eigenvalue weighted by molar-refractivity contribution is -0.138. The van der Waals surface area contributed by atoms with Gasteiger partial charge in [-0.2, -0.15) is 0 Å². The number of carbonyl (C=O) groups is 2. The number of hydrogen-bond donors (Lipinski definition) is 2. The summed E-state index contributed by atoms with van der Waals surface area (Å²) in [6, 6.07) is 2.44. The van der Waals surface area contributed by atoms with E-state index in [1.54, 1.807) is 13.0 Å². The fourth-order valence-electron chi connectivity index (χ4n) is 2.33. The summed E-state index contributed by atoms with van der Waals surface area (Å²) in [7, 11) is 0. The Morgan fingerprint density at radius 2 is 2.24 bits per heavy atom. The quantitative estimate of drug-likeness (QED) is 0.731. The molecule has 0 unspecified atom stereocenters. The molecule has 0 radical (unpaired) electrons. The second-order valence-electron chi connectivity index (χ2n) is 5.11. The molecule has 2 aromatic rings. The lowest BCUT2D eigenvalue weighted by Gasteiger charge is -2.22. The van der Waals surface area contributed by atoms with Crippen LogP contribution in [0.1, 0.15) is 6.92 Å². The van der Waals surface area contributed by atoms with Crippen LogP contribution in [0.3, 0.4) is 0 Å². The average molecular weight is 345 g/mol. The standard InChI is InChI=1S/C15H15N5O5/c1-2-24-14(22)10-5-16-15(23)18-11(10)7-20-6-9(3-4-12(20)21)13-19-17-8-25-13/h3-4,6,8H,2,5,7H2,1H3,(H2,16,18,23). The Kier molecular flexibility index (Phi) is 4.59. The number of ether oxygens (including phenoxy) is 1. The Balaban J connectivity index is 1.96. The van der Waals surface area contributed by atoms with Crippen LogP contribution in [0.4, 0.5) is 4.79 Å². The largest absolute Gasteiger partial charge is 0.463 e. The van der Waals surface area contributed by atoms with Gasteiger partial charge in [-0.05, 0) is 13.0 Å². The van der Waals surface area contributed by atoms with Crippen molar-refractivity contribution in [3.05, 3.63) is 46.3 Å². The SMILES string of the molecule is CCOC(=O)C1=C(Cn2cc(-c3nnco3)ccc2=O)NC(=O)NC1. The molecule has 3 heterocycles. The van der Waals surface area contributed by atoms with Crippen LogP contribution in [0.2, 0.25) is 0 Å². The van der Waals surface area contributed by atoms with Crippen LogP contribution in [0.5, 0.6) is 0 Å². The molecule has 0 saturated carbocycles. The number of esters is 1. The third-order valence-electron chi connectivity index (χ3n) is 3.50. The monoisotopic (exact) mass is 345 g/mol. The molecule has 0 spiro atoms. The van der Waals surface area contributed by atoms with Gasteiger partial charge in [0.15, 0.2) is 0 Å². The summed E-state index contributed by atoms with van der Waals surface area (Å²) >= 11 is 0. The van der Waals surface area contributed by atoms with Gasteiger partial charge in [0.25, 0.3) is 5.56 Å². The van der Waals surface area contributed by atoms with Gasteiger partial charge in [-0.3, -0.25) is 4.79 Å². The first-order chi connectivity index (χ1) is 12.1. The number of nitrogens with zero attached hydrogens (tertiary/aromatic N) is 3. The highest BCUT2D eigenvalue weighted by atomic mass is 16.5. The zero-order chi connectivity index (χ0) is 17.8. The highest BCUT2D eigenvalue weighted by molar-refractivity contribution is 5.93. The van der Waals surface area contributed by atoms with Gasteiger partial charge >= 0.3 is 12.0 Å². The fraction of sp³-hybridized carbons (Fsp3) is 0.267. The molecule has 0 bridgehead atoms. The number of rotatable bonds is 5. The van der Waals surface area contributed by atoms with Gasteiger partial charge in [0, 0.05) is 12.3 Å². The fourth-order valence-corrected chi connectivity index (χ4v) is 2.33. The van der Waals surface area contributed by atoms with Crippen LogP contribution in [-0.2, 0) is 16.1 Å². The lowest BCUT2D eigenvalue weighted by Crippen LogP contribution is -2.45. The van der Waals surface area contributed by atoms with Crippen molar-refractivity contribution in [3.8, 4) is 11.5 Å². The van der Waals surface area contributed by atoms with Crippen LogP contribution in [0, 0.1) is 0 Å². The van der Waals surface area contributed by atoms with Crippen LogP contribution in [0.15, 0.2) is 45.2 Å². The molecular weight excluding hydrogens is 330 g/mol.